The Balaban J connectivity index is 2.04. The Morgan fingerprint density at radius 1 is 1.65 bits per heavy atom. The van der Waals surface area contributed by atoms with E-state index in [1.54, 1.807) is 19.4 Å². The minimum absolute atomic E-state index is 0.0318. The second-order valence-corrected chi connectivity index (χ2v) is 5.17. The van der Waals surface area contributed by atoms with Crippen LogP contribution in [-0.2, 0) is 4.79 Å². The van der Waals surface area contributed by atoms with Gasteiger partial charge in [-0.15, -0.1) is 0 Å². The highest BCUT2D eigenvalue weighted by atomic mass is 79.9. The molecule has 4 nitrogen and oxygen atoms in total. The van der Waals surface area contributed by atoms with Gasteiger partial charge in [0.2, 0.25) is 5.91 Å². The number of amides is 1. The van der Waals surface area contributed by atoms with Crippen LogP contribution in [0.5, 0.6) is 5.75 Å². The minimum Gasteiger partial charge on any atom is -0.495 e. The third-order valence-corrected chi connectivity index (χ3v) is 3.63. The summed E-state index contributed by atoms with van der Waals surface area (Å²) in [4.78, 5) is 16.0. The molecular weight excluding hydrogens is 284 g/mol. The van der Waals surface area contributed by atoms with Crippen LogP contribution in [0, 0.1) is 11.8 Å². The number of anilines is 1. The molecule has 1 aliphatic carbocycles. The summed E-state index contributed by atoms with van der Waals surface area (Å²) in [5, 5.41) is 2.81. The molecule has 1 atom stereocenters. The van der Waals surface area contributed by atoms with Crippen LogP contribution in [0.25, 0.3) is 0 Å². The highest BCUT2D eigenvalue weighted by Gasteiger charge is 2.32. The predicted octanol–water partition coefficient (Wildman–Crippen LogP) is 2.84. The van der Waals surface area contributed by atoms with Gasteiger partial charge >= 0.3 is 0 Å². The van der Waals surface area contributed by atoms with E-state index in [1.165, 1.54) is 0 Å². The van der Waals surface area contributed by atoms with E-state index >= 15 is 0 Å². The van der Waals surface area contributed by atoms with Crippen LogP contribution < -0.4 is 10.1 Å². The van der Waals surface area contributed by atoms with Crippen LogP contribution in [0.15, 0.2) is 16.7 Å². The van der Waals surface area contributed by atoms with Gasteiger partial charge in [0, 0.05) is 18.2 Å². The molecule has 0 bridgehead atoms. The zero-order valence-electron chi connectivity index (χ0n) is 9.87. The van der Waals surface area contributed by atoms with E-state index in [-0.39, 0.29) is 11.8 Å². The number of nitrogens with zero attached hydrogens (tertiary/aromatic N) is 1. The first kappa shape index (κ1) is 12.4. The Bertz CT molecular complexity index is 433. The molecule has 0 aliphatic heterocycles. The summed E-state index contributed by atoms with van der Waals surface area (Å²) >= 11 is 3.32. The first-order chi connectivity index (χ1) is 8.11. The molecular formula is C12H15BrN2O2. The van der Waals surface area contributed by atoms with Crippen LogP contribution in [0.4, 0.5) is 5.82 Å². The molecule has 5 heteroatoms. The first-order valence-electron chi connectivity index (χ1n) is 5.62. The standard InChI is InChI=1S/C12H15BrN2O2/c1-7(8-3-4-8)12(16)15-11-5-10(17-2)9(13)6-14-11/h5-8H,3-4H2,1-2H3,(H,14,15,16). The SMILES string of the molecule is COc1cc(NC(=O)C(C)C2CC2)ncc1Br. The van der Waals surface area contributed by atoms with Gasteiger partial charge in [-0.05, 0) is 34.7 Å². The van der Waals surface area contributed by atoms with Crippen molar-refractivity contribution in [2.75, 3.05) is 12.4 Å². The number of rotatable bonds is 4. The highest BCUT2D eigenvalue weighted by molar-refractivity contribution is 9.10. The largest absolute Gasteiger partial charge is 0.495 e. The fourth-order valence-electron chi connectivity index (χ4n) is 1.70. The third-order valence-electron chi connectivity index (χ3n) is 3.03. The number of nitrogens with one attached hydrogen (secondary N) is 1. The second-order valence-electron chi connectivity index (χ2n) is 4.32. The van der Waals surface area contributed by atoms with Gasteiger partial charge in [-0.3, -0.25) is 4.79 Å². The van der Waals surface area contributed by atoms with Crippen molar-refractivity contribution in [3.05, 3.63) is 16.7 Å². The van der Waals surface area contributed by atoms with Crippen molar-refractivity contribution in [3.63, 3.8) is 0 Å². The number of hydrogen-bond acceptors (Lipinski definition) is 3. The maximum absolute atomic E-state index is 11.9. The summed E-state index contributed by atoms with van der Waals surface area (Å²) in [6.07, 6.45) is 3.94. The monoisotopic (exact) mass is 298 g/mol. The number of carbonyl (C=O) groups is 1. The molecule has 1 saturated carbocycles. The van der Waals surface area contributed by atoms with Gasteiger partial charge in [-0.2, -0.15) is 0 Å². The quantitative estimate of drug-likeness (QED) is 0.930. The molecule has 1 heterocycles. The Morgan fingerprint density at radius 2 is 2.35 bits per heavy atom. The van der Waals surface area contributed by atoms with E-state index in [9.17, 15) is 4.79 Å². The van der Waals surface area contributed by atoms with Crippen molar-refractivity contribution >= 4 is 27.7 Å². The Morgan fingerprint density at radius 3 is 2.94 bits per heavy atom. The van der Waals surface area contributed by atoms with Crippen molar-refractivity contribution in [1.82, 2.24) is 4.98 Å². The number of methoxy groups -OCH3 is 1. The summed E-state index contributed by atoms with van der Waals surface area (Å²) in [5.41, 5.74) is 0. The number of aromatic nitrogens is 1. The van der Waals surface area contributed by atoms with Crippen molar-refractivity contribution in [3.8, 4) is 5.75 Å². The molecule has 1 amide bonds. The molecule has 1 N–H and O–H groups in total. The number of carbonyl (C=O) groups excluding carboxylic acids is 1. The molecule has 1 unspecified atom stereocenters. The van der Waals surface area contributed by atoms with Gasteiger partial charge in [0.1, 0.15) is 11.6 Å². The Kier molecular flexibility index (Phi) is 3.66. The molecule has 1 fully saturated rings. The van der Waals surface area contributed by atoms with Gasteiger partial charge in [0.25, 0.3) is 0 Å². The van der Waals surface area contributed by atoms with E-state index in [1.807, 2.05) is 6.92 Å². The average Bonchev–Trinajstić information content (AvgIpc) is 3.14. The van der Waals surface area contributed by atoms with Crippen LogP contribution >= 0.6 is 15.9 Å². The van der Waals surface area contributed by atoms with Gasteiger partial charge in [0.05, 0.1) is 11.6 Å². The summed E-state index contributed by atoms with van der Waals surface area (Å²) in [6.45, 7) is 1.96. The average molecular weight is 299 g/mol. The molecule has 2 rings (SSSR count). The fraction of sp³-hybridized carbons (Fsp3) is 0.500. The smallest absolute Gasteiger partial charge is 0.228 e. The lowest BCUT2D eigenvalue weighted by molar-refractivity contribution is -0.119. The predicted molar refractivity (Wildman–Crippen MR) is 69.0 cm³/mol. The van der Waals surface area contributed by atoms with Crippen molar-refractivity contribution in [1.29, 1.82) is 0 Å². The van der Waals surface area contributed by atoms with Gasteiger partial charge in [-0.1, -0.05) is 6.92 Å². The molecule has 0 spiro atoms. The molecule has 0 radical (unpaired) electrons. The highest BCUT2D eigenvalue weighted by Crippen LogP contribution is 2.37. The lowest BCUT2D eigenvalue weighted by Crippen LogP contribution is -2.22. The topological polar surface area (TPSA) is 51.2 Å². The summed E-state index contributed by atoms with van der Waals surface area (Å²) in [6, 6.07) is 1.71. The zero-order chi connectivity index (χ0) is 12.4. The molecule has 1 aromatic rings. The van der Waals surface area contributed by atoms with Crippen molar-refractivity contribution < 1.29 is 9.53 Å². The second kappa shape index (κ2) is 5.04. The molecule has 92 valence electrons. The molecule has 0 aromatic carbocycles. The van der Waals surface area contributed by atoms with E-state index in [2.05, 4.69) is 26.2 Å². The Labute approximate surface area is 109 Å². The van der Waals surface area contributed by atoms with E-state index in [0.29, 0.717) is 17.5 Å². The number of pyridine rings is 1. The Hall–Kier alpha value is -1.10. The van der Waals surface area contributed by atoms with Crippen LogP contribution in [-0.4, -0.2) is 18.0 Å². The number of halogens is 1. The van der Waals surface area contributed by atoms with Gasteiger partial charge in [0.15, 0.2) is 0 Å². The lowest BCUT2D eigenvalue weighted by atomic mass is 10.1. The molecule has 1 aromatic heterocycles. The molecule has 0 saturated heterocycles. The summed E-state index contributed by atoms with van der Waals surface area (Å²) < 4.78 is 5.92. The van der Waals surface area contributed by atoms with Gasteiger partial charge in [-0.25, -0.2) is 4.98 Å². The first-order valence-corrected chi connectivity index (χ1v) is 6.41. The van der Waals surface area contributed by atoms with Crippen LogP contribution in [0.2, 0.25) is 0 Å². The fourth-order valence-corrected chi connectivity index (χ4v) is 2.07. The van der Waals surface area contributed by atoms with Crippen LogP contribution in [0.1, 0.15) is 19.8 Å². The van der Waals surface area contributed by atoms with Crippen molar-refractivity contribution in [2.45, 2.75) is 19.8 Å². The van der Waals surface area contributed by atoms with E-state index in [0.717, 1.165) is 17.3 Å². The van der Waals surface area contributed by atoms with E-state index in [4.69, 9.17) is 4.74 Å². The van der Waals surface area contributed by atoms with E-state index < -0.39 is 0 Å². The minimum atomic E-state index is 0.0318. The lowest BCUT2D eigenvalue weighted by Gasteiger charge is -2.11. The number of ether oxygens (including phenoxy) is 1. The van der Waals surface area contributed by atoms with Crippen LogP contribution in [0.3, 0.4) is 0 Å². The molecule has 1 aliphatic rings. The summed E-state index contributed by atoms with van der Waals surface area (Å²) in [5.74, 6) is 1.83. The summed E-state index contributed by atoms with van der Waals surface area (Å²) in [7, 11) is 1.58. The normalized spacial score (nSPS) is 16.4. The zero-order valence-corrected chi connectivity index (χ0v) is 11.5. The maximum atomic E-state index is 11.9. The third kappa shape index (κ3) is 2.97. The van der Waals surface area contributed by atoms with Crippen molar-refractivity contribution in [2.24, 2.45) is 11.8 Å². The maximum Gasteiger partial charge on any atom is 0.228 e. The number of hydrogen-bond donors (Lipinski definition) is 1. The molecule has 17 heavy (non-hydrogen) atoms. The van der Waals surface area contributed by atoms with Gasteiger partial charge < -0.3 is 10.1 Å².